The molecule has 0 aliphatic heterocycles. The van der Waals surface area contributed by atoms with Crippen molar-refractivity contribution in [3.63, 3.8) is 0 Å². The Morgan fingerprint density at radius 1 is 1.29 bits per heavy atom. The van der Waals surface area contributed by atoms with Crippen LogP contribution < -0.4 is 5.32 Å². The number of rotatable bonds is 2. The van der Waals surface area contributed by atoms with Gasteiger partial charge in [-0.05, 0) is 43.9 Å². The molecule has 0 saturated carbocycles. The highest BCUT2D eigenvalue weighted by Gasteiger charge is 2.19. The number of fused-ring (bicyclic) bond motifs is 1. The molecule has 0 fully saturated rings. The number of carboxylic acid groups (broad SMARTS) is 1. The van der Waals surface area contributed by atoms with Gasteiger partial charge in [0.05, 0.1) is 11.1 Å². The number of nitrogens with one attached hydrogen (secondary N) is 1. The molecule has 0 aliphatic rings. The van der Waals surface area contributed by atoms with Crippen LogP contribution in [0.4, 0.5) is 5.82 Å². The van der Waals surface area contributed by atoms with Gasteiger partial charge in [0, 0.05) is 12.6 Å². The van der Waals surface area contributed by atoms with E-state index < -0.39 is 0 Å². The molecule has 0 aromatic carbocycles. The van der Waals surface area contributed by atoms with Crippen molar-refractivity contribution in [3.8, 4) is 0 Å². The second kappa shape index (κ2) is 7.18. The second-order valence-corrected chi connectivity index (χ2v) is 5.75. The second-order valence-electron chi connectivity index (χ2n) is 5.00. The molecule has 1 amide bonds. The SMILES string of the molecule is Cc1cc(C)c2c(NC(=O)c3oc(C)nc3C)nsc2n1.O=CO. The summed E-state index contributed by atoms with van der Waals surface area (Å²) in [6.45, 7) is 7.11. The molecule has 3 aromatic heterocycles. The molecule has 9 heteroatoms. The molecule has 0 atom stereocenters. The van der Waals surface area contributed by atoms with Gasteiger partial charge in [-0.3, -0.25) is 9.59 Å². The molecule has 24 heavy (non-hydrogen) atoms. The zero-order valence-corrected chi connectivity index (χ0v) is 14.4. The molecule has 0 aliphatic carbocycles. The van der Waals surface area contributed by atoms with Crippen LogP contribution in [0.5, 0.6) is 0 Å². The Balaban J connectivity index is 0.000000647. The number of hydrogen-bond acceptors (Lipinski definition) is 7. The fourth-order valence-electron chi connectivity index (χ4n) is 2.28. The molecule has 3 rings (SSSR count). The summed E-state index contributed by atoms with van der Waals surface area (Å²) in [5.74, 6) is 0.847. The average Bonchev–Trinajstić information content (AvgIpc) is 3.03. The molecule has 3 aromatic rings. The van der Waals surface area contributed by atoms with Gasteiger partial charge >= 0.3 is 0 Å². The molecule has 0 radical (unpaired) electrons. The number of carbonyl (C=O) groups excluding carboxylic acids is 1. The van der Waals surface area contributed by atoms with E-state index in [0.717, 1.165) is 21.5 Å². The Labute approximate surface area is 141 Å². The van der Waals surface area contributed by atoms with Crippen LogP contribution in [0.15, 0.2) is 10.5 Å². The standard InChI is InChI=1S/C14H14N4O2S.CH2O2/c1-6-5-7(2)15-14-10(6)12(18-21-14)17-13(19)11-8(3)16-9(4)20-11;2-1-3/h5H,1-4H3,(H,17,18,19);1H,(H,2,3). The van der Waals surface area contributed by atoms with Crippen LogP contribution in [-0.2, 0) is 4.79 Å². The maximum atomic E-state index is 12.3. The lowest BCUT2D eigenvalue weighted by atomic mass is 10.2. The summed E-state index contributed by atoms with van der Waals surface area (Å²) >= 11 is 1.27. The van der Waals surface area contributed by atoms with Crippen LogP contribution in [0.2, 0.25) is 0 Å². The maximum Gasteiger partial charge on any atom is 0.294 e. The monoisotopic (exact) mass is 348 g/mol. The Morgan fingerprint density at radius 3 is 2.54 bits per heavy atom. The molecule has 3 heterocycles. The van der Waals surface area contributed by atoms with Gasteiger partial charge in [-0.1, -0.05) is 0 Å². The lowest BCUT2D eigenvalue weighted by Gasteiger charge is -2.03. The number of anilines is 1. The van der Waals surface area contributed by atoms with Gasteiger partial charge in [0.15, 0.2) is 11.7 Å². The largest absolute Gasteiger partial charge is 0.483 e. The summed E-state index contributed by atoms with van der Waals surface area (Å²) in [5, 5.41) is 10.5. The van der Waals surface area contributed by atoms with Gasteiger partial charge in [-0.15, -0.1) is 0 Å². The Bertz CT molecular complexity index is 900. The fourth-order valence-corrected chi connectivity index (χ4v) is 3.13. The minimum Gasteiger partial charge on any atom is -0.483 e. The normalized spacial score (nSPS) is 10.2. The predicted octanol–water partition coefficient (Wildman–Crippen LogP) is 2.87. The van der Waals surface area contributed by atoms with Crippen LogP contribution in [0.25, 0.3) is 10.2 Å². The van der Waals surface area contributed by atoms with E-state index in [-0.39, 0.29) is 18.1 Å². The van der Waals surface area contributed by atoms with E-state index in [1.807, 2.05) is 19.9 Å². The summed E-state index contributed by atoms with van der Waals surface area (Å²) < 4.78 is 9.61. The highest BCUT2D eigenvalue weighted by atomic mass is 32.1. The zero-order valence-electron chi connectivity index (χ0n) is 13.6. The fraction of sp³-hybridized carbons (Fsp3) is 0.267. The predicted molar refractivity (Wildman–Crippen MR) is 89.5 cm³/mol. The van der Waals surface area contributed by atoms with Crippen LogP contribution in [0.1, 0.15) is 33.4 Å². The number of carbonyl (C=O) groups is 2. The Kier molecular flexibility index (Phi) is 5.24. The third-order valence-corrected chi connectivity index (χ3v) is 3.86. The number of hydrogen-bond donors (Lipinski definition) is 2. The van der Waals surface area contributed by atoms with Gasteiger partial charge in [-0.25, -0.2) is 9.97 Å². The van der Waals surface area contributed by atoms with E-state index in [0.29, 0.717) is 17.4 Å². The number of amides is 1. The highest BCUT2D eigenvalue weighted by molar-refractivity contribution is 7.13. The van der Waals surface area contributed by atoms with Gasteiger partial charge in [0.2, 0.25) is 5.76 Å². The maximum absolute atomic E-state index is 12.3. The van der Waals surface area contributed by atoms with Crippen LogP contribution in [0.3, 0.4) is 0 Å². The van der Waals surface area contributed by atoms with Crippen molar-refractivity contribution in [2.45, 2.75) is 27.7 Å². The van der Waals surface area contributed by atoms with Gasteiger partial charge in [-0.2, -0.15) is 4.37 Å². The lowest BCUT2D eigenvalue weighted by Crippen LogP contribution is -2.12. The van der Waals surface area contributed by atoms with Crippen molar-refractivity contribution >= 4 is 39.9 Å². The minimum atomic E-state index is -0.347. The molecular formula is C15H16N4O4S. The number of oxazole rings is 1. The molecular weight excluding hydrogens is 332 g/mol. The number of aryl methyl sites for hydroxylation is 4. The summed E-state index contributed by atoms with van der Waals surface area (Å²) in [7, 11) is 0. The summed E-state index contributed by atoms with van der Waals surface area (Å²) in [6.07, 6.45) is 0. The molecule has 0 unspecified atom stereocenters. The van der Waals surface area contributed by atoms with E-state index in [4.69, 9.17) is 14.3 Å². The first-order valence-electron chi connectivity index (χ1n) is 6.94. The van der Waals surface area contributed by atoms with Gasteiger partial charge in [0.25, 0.3) is 12.4 Å². The topological polar surface area (TPSA) is 118 Å². The van der Waals surface area contributed by atoms with Crippen molar-refractivity contribution in [1.82, 2.24) is 14.3 Å². The van der Waals surface area contributed by atoms with Gasteiger partial charge < -0.3 is 14.8 Å². The van der Waals surface area contributed by atoms with Crippen molar-refractivity contribution in [2.75, 3.05) is 5.32 Å². The number of aromatic nitrogens is 3. The quantitative estimate of drug-likeness (QED) is 0.683. The van der Waals surface area contributed by atoms with Crippen molar-refractivity contribution in [3.05, 3.63) is 34.7 Å². The van der Waals surface area contributed by atoms with E-state index in [2.05, 4.69) is 19.7 Å². The highest BCUT2D eigenvalue weighted by Crippen LogP contribution is 2.29. The Morgan fingerprint density at radius 2 is 1.96 bits per heavy atom. The van der Waals surface area contributed by atoms with Crippen molar-refractivity contribution < 1.29 is 19.1 Å². The van der Waals surface area contributed by atoms with E-state index in [9.17, 15) is 4.79 Å². The summed E-state index contributed by atoms with van der Waals surface area (Å²) in [4.78, 5) is 30.0. The lowest BCUT2D eigenvalue weighted by molar-refractivity contribution is -0.122. The summed E-state index contributed by atoms with van der Waals surface area (Å²) in [6, 6.07) is 1.97. The molecule has 8 nitrogen and oxygen atoms in total. The Hall–Kier alpha value is -2.81. The van der Waals surface area contributed by atoms with Crippen molar-refractivity contribution in [2.24, 2.45) is 0 Å². The number of nitrogens with zero attached hydrogens (tertiary/aromatic N) is 3. The first-order valence-corrected chi connectivity index (χ1v) is 7.71. The number of pyridine rings is 1. The average molecular weight is 348 g/mol. The van der Waals surface area contributed by atoms with E-state index >= 15 is 0 Å². The molecule has 126 valence electrons. The molecule has 0 saturated heterocycles. The first-order chi connectivity index (χ1) is 11.4. The summed E-state index contributed by atoms with van der Waals surface area (Å²) in [5.41, 5.74) is 2.53. The third kappa shape index (κ3) is 3.57. The molecule has 2 N–H and O–H groups in total. The zero-order chi connectivity index (χ0) is 17.9. The molecule has 0 bridgehead atoms. The first kappa shape index (κ1) is 17.5. The third-order valence-electron chi connectivity index (χ3n) is 3.11. The van der Waals surface area contributed by atoms with Crippen LogP contribution in [-0.4, -0.2) is 31.8 Å². The van der Waals surface area contributed by atoms with E-state index in [1.54, 1.807) is 13.8 Å². The van der Waals surface area contributed by atoms with E-state index in [1.165, 1.54) is 11.5 Å². The smallest absolute Gasteiger partial charge is 0.294 e. The molecule has 0 spiro atoms. The van der Waals surface area contributed by atoms with Crippen LogP contribution >= 0.6 is 11.5 Å². The van der Waals surface area contributed by atoms with Crippen LogP contribution in [0, 0.1) is 27.7 Å². The minimum absolute atomic E-state index is 0.214. The van der Waals surface area contributed by atoms with Gasteiger partial charge in [0.1, 0.15) is 4.83 Å². The van der Waals surface area contributed by atoms with Crippen molar-refractivity contribution in [1.29, 1.82) is 0 Å².